The van der Waals surface area contributed by atoms with Crippen LogP contribution in [-0.4, -0.2) is 44.8 Å². The third kappa shape index (κ3) is 4.37. The Labute approximate surface area is 179 Å². The van der Waals surface area contributed by atoms with E-state index in [2.05, 4.69) is 10.2 Å². The summed E-state index contributed by atoms with van der Waals surface area (Å²) in [7, 11) is -3.62. The zero-order valence-electron chi connectivity index (χ0n) is 18.2. The molecule has 0 radical (unpaired) electrons. The van der Waals surface area contributed by atoms with E-state index in [-0.39, 0.29) is 10.8 Å². The van der Waals surface area contributed by atoms with Crippen molar-refractivity contribution < 1.29 is 13.2 Å². The van der Waals surface area contributed by atoms with Crippen LogP contribution >= 0.6 is 0 Å². The summed E-state index contributed by atoms with van der Waals surface area (Å²) < 4.78 is 27.5. The quantitative estimate of drug-likeness (QED) is 0.717. The Kier molecular flexibility index (Phi) is 6.83. The Morgan fingerprint density at radius 3 is 2.37 bits per heavy atom. The molecule has 7 heteroatoms. The molecule has 0 aromatic heterocycles. The van der Waals surface area contributed by atoms with Crippen LogP contribution < -0.4 is 10.2 Å². The average Bonchev–Trinajstić information content (AvgIpc) is 3.25. The van der Waals surface area contributed by atoms with Crippen molar-refractivity contribution in [3.05, 3.63) is 53.1 Å². The number of amides is 1. The van der Waals surface area contributed by atoms with Crippen molar-refractivity contribution in [2.75, 3.05) is 36.4 Å². The lowest BCUT2D eigenvalue weighted by molar-refractivity contribution is 0.102. The minimum atomic E-state index is -3.62. The summed E-state index contributed by atoms with van der Waals surface area (Å²) in [5.41, 5.74) is 3.96. The summed E-state index contributed by atoms with van der Waals surface area (Å²) in [6, 6.07) is 10.7. The minimum Gasteiger partial charge on any atom is -0.370 e. The van der Waals surface area contributed by atoms with Crippen LogP contribution in [0.25, 0.3) is 0 Å². The van der Waals surface area contributed by atoms with E-state index < -0.39 is 10.0 Å². The third-order valence-electron chi connectivity index (χ3n) is 5.86. The molecule has 0 saturated carbocycles. The lowest BCUT2D eigenvalue weighted by atomic mass is 10.0. The van der Waals surface area contributed by atoms with Crippen LogP contribution in [-0.2, 0) is 10.0 Å². The second-order valence-corrected chi connectivity index (χ2v) is 9.60. The Bertz CT molecular complexity index is 1020. The van der Waals surface area contributed by atoms with Gasteiger partial charge in [0, 0.05) is 31.7 Å². The number of rotatable bonds is 7. The van der Waals surface area contributed by atoms with Crippen LogP contribution in [0.4, 0.5) is 11.4 Å². The monoisotopic (exact) mass is 429 g/mol. The molecule has 162 valence electrons. The van der Waals surface area contributed by atoms with Gasteiger partial charge in [0.1, 0.15) is 0 Å². The molecule has 1 aliphatic heterocycles. The maximum Gasteiger partial charge on any atom is 0.255 e. The SMILES string of the molecule is CCN(CC)S(=O)(=O)c1ccc(N2CCCC2)c(NC(=O)c2cccc(C)c2C)c1. The van der Waals surface area contributed by atoms with Crippen LogP contribution in [0.15, 0.2) is 41.3 Å². The molecule has 1 aliphatic rings. The summed E-state index contributed by atoms with van der Waals surface area (Å²) in [4.78, 5) is 15.5. The maximum absolute atomic E-state index is 13.1. The summed E-state index contributed by atoms with van der Waals surface area (Å²) in [5.74, 6) is -0.228. The third-order valence-corrected chi connectivity index (χ3v) is 7.90. The summed E-state index contributed by atoms with van der Waals surface area (Å²) >= 11 is 0. The van der Waals surface area contributed by atoms with Crippen LogP contribution in [0.1, 0.15) is 48.2 Å². The molecule has 1 saturated heterocycles. The highest BCUT2D eigenvalue weighted by Gasteiger charge is 2.25. The largest absolute Gasteiger partial charge is 0.370 e. The fourth-order valence-corrected chi connectivity index (χ4v) is 5.39. The molecule has 1 N–H and O–H groups in total. The smallest absolute Gasteiger partial charge is 0.255 e. The number of sulfonamides is 1. The van der Waals surface area contributed by atoms with Crippen molar-refractivity contribution in [3.63, 3.8) is 0 Å². The molecule has 0 atom stereocenters. The van der Waals surface area contributed by atoms with Crippen molar-refractivity contribution in [2.45, 2.75) is 45.4 Å². The lowest BCUT2D eigenvalue weighted by Crippen LogP contribution is -2.31. The van der Waals surface area contributed by atoms with Crippen LogP contribution in [0.3, 0.4) is 0 Å². The van der Waals surface area contributed by atoms with E-state index in [1.54, 1.807) is 18.2 Å². The molecule has 2 aromatic carbocycles. The molecule has 0 aliphatic carbocycles. The predicted octanol–water partition coefficient (Wildman–Crippen LogP) is 4.19. The Hall–Kier alpha value is -2.38. The van der Waals surface area contributed by atoms with Gasteiger partial charge in [-0.05, 0) is 62.1 Å². The first-order valence-electron chi connectivity index (χ1n) is 10.6. The molecule has 1 heterocycles. The van der Waals surface area contributed by atoms with Crippen molar-refractivity contribution >= 4 is 27.3 Å². The Morgan fingerprint density at radius 2 is 1.73 bits per heavy atom. The number of hydrogen-bond donors (Lipinski definition) is 1. The van der Waals surface area contributed by atoms with Gasteiger partial charge in [0.05, 0.1) is 16.3 Å². The highest BCUT2D eigenvalue weighted by Crippen LogP contribution is 2.33. The van der Waals surface area contributed by atoms with Crippen LogP contribution in [0.2, 0.25) is 0 Å². The second kappa shape index (κ2) is 9.18. The van der Waals surface area contributed by atoms with E-state index in [9.17, 15) is 13.2 Å². The van der Waals surface area contributed by atoms with Crippen LogP contribution in [0, 0.1) is 13.8 Å². The average molecular weight is 430 g/mol. The Balaban J connectivity index is 2.03. The molecule has 0 unspecified atom stereocenters. The van der Waals surface area contributed by atoms with Gasteiger partial charge in [-0.25, -0.2) is 8.42 Å². The molecule has 1 amide bonds. The normalized spacial score (nSPS) is 14.4. The number of nitrogens with one attached hydrogen (secondary N) is 1. The summed E-state index contributed by atoms with van der Waals surface area (Å²) in [6.07, 6.45) is 2.17. The lowest BCUT2D eigenvalue weighted by Gasteiger charge is -2.24. The van der Waals surface area contributed by atoms with Crippen molar-refractivity contribution in [1.29, 1.82) is 0 Å². The first kappa shape index (κ1) is 22.3. The van der Waals surface area contributed by atoms with Gasteiger partial charge < -0.3 is 10.2 Å². The molecule has 0 bridgehead atoms. The molecule has 2 aromatic rings. The number of hydrogen-bond acceptors (Lipinski definition) is 4. The minimum absolute atomic E-state index is 0.199. The fourth-order valence-electron chi connectivity index (χ4n) is 3.91. The van der Waals surface area contributed by atoms with E-state index in [0.29, 0.717) is 24.3 Å². The highest BCUT2D eigenvalue weighted by molar-refractivity contribution is 7.89. The fraction of sp³-hybridized carbons (Fsp3) is 0.435. The molecule has 6 nitrogen and oxygen atoms in total. The Morgan fingerprint density at radius 1 is 1.07 bits per heavy atom. The molecule has 30 heavy (non-hydrogen) atoms. The van der Waals surface area contributed by atoms with E-state index in [1.807, 2.05) is 45.9 Å². The number of carbonyl (C=O) groups excluding carboxylic acids is 1. The first-order chi connectivity index (χ1) is 14.3. The van der Waals surface area contributed by atoms with Gasteiger partial charge in [-0.3, -0.25) is 4.79 Å². The molecule has 1 fully saturated rings. The van der Waals surface area contributed by atoms with E-state index in [4.69, 9.17) is 0 Å². The van der Waals surface area contributed by atoms with Gasteiger partial charge in [0.25, 0.3) is 5.91 Å². The van der Waals surface area contributed by atoms with E-state index in [1.165, 1.54) is 4.31 Å². The van der Waals surface area contributed by atoms with E-state index in [0.717, 1.165) is 42.7 Å². The standard InChI is InChI=1S/C23H31N3O3S/c1-5-26(6-2)30(28,29)19-12-13-22(25-14-7-8-15-25)21(16-19)24-23(27)20-11-9-10-17(3)18(20)4/h9-13,16H,5-8,14-15H2,1-4H3,(H,24,27). The first-order valence-corrected chi connectivity index (χ1v) is 12.0. The maximum atomic E-state index is 13.1. The van der Waals surface area contributed by atoms with Gasteiger partial charge in [0.15, 0.2) is 0 Å². The zero-order valence-corrected chi connectivity index (χ0v) is 19.1. The number of benzene rings is 2. The second-order valence-electron chi connectivity index (χ2n) is 7.66. The summed E-state index contributed by atoms with van der Waals surface area (Å²) in [6.45, 7) is 10.1. The number of anilines is 2. The van der Waals surface area contributed by atoms with Gasteiger partial charge in [-0.15, -0.1) is 0 Å². The predicted molar refractivity (Wildman–Crippen MR) is 122 cm³/mol. The summed E-state index contributed by atoms with van der Waals surface area (Å²) in [5, 5.41) is 3.00. The van der Waals surface area contributed by atoms with Crippen molar-refractivity contribution in [1.82, 2.24) is 4.31 Å². The topological polar surface area (TPSA) is 69.7 Å². The molecular weight excluding hydrogens is 398 g/mol. The van der Waals surface area contributed by atoms with Crippen molar-refractivity contribution in [2.24, 2.45) is 0 Å². The van der Waals surface area contributed by atoms with Gasteiger partial charge in [0.2, 0.25) is 10.0 Å². The van der Waals surface area contributed by atoms with Gasteiger partial charge in [-0.2, -0.15) is 4.31 Å². The molecule has 3 rings (SSSR count). The van der Waals surface area contributed by atoms with Crippen molar-refractivity contribution in [3.8, 4) is 0 Å². The number of carbonyl (C=O) groups is 1. The number of nitrogens with zero attached hydrogens (tertiary/aromatic N) is 2. The van der Waals surface area contributed by atoms with Gasteiger partial charge in [-0.1, -0.05) is 26.0 Å². The molecular formula is C23H31N3O3S. The van der Waals surface area contributed by atoms with E-state index >= 15 is 0 Å². The zero-order chi connectivity index (χ0) is 21.9. The number of aryl methyl sites for hydroxylation is 1. The molecule has 0 spiro atoms. The van der Waals surface area contributed by atoms with Gasteiger partial charge >= 0.3 is 0 Å². The highest BCUT2D eigenvalue weighted by atomic mass is 32.2. The van der Waals surface area contributed by atoms with Crippen LogP contribution in [0.5, 0.6) is 0 Å².